The fourth-order valence-corrected chi connectivity index (χ4v) is 4.24. The van der Waals surface area contributed by atoms with Crippen LogP contribution in [0, 0.1) is 17.5 Å². The largest absolute Gasteiger partial charge is 0.204 e. The number of unbranched alkanes of at least 4 members (excludes halogenated alkanes) is 1. The third-order valence-corrected chi connectivity index (χ3v) is 5.88. The standard InChI is InChI=1S/C28H25F3/c1-3-5-8-18-11-12-21(19(4-2)15-18)25-14-13-22(23-9-6-7-10-24(23)25)20-16-26(29)28(31)27(30)17-20/h6-7,9-17H,3-5,8H2,1-2H3. The van der Waals surface area contributed by atoms with Crippen LogP contribution in [0.3, 0.4) is 0 Å². The van der Waals surface area contributed by atoms with Gasteiger partial charge < -0.3 is 0 Å². The van der Waals surface area contributed by atoms with E-state index < -0.39 is 17.5 Å². The molecule has 0 saturated carbocycles. The van der Waals surface area contributed by atoms with Crippen molar-refractivity contribution in [3.8, 4) is 22.3 Å². The molecule has 31 heavy (non-hydrogen) atoms. The van der Waals surface area contributed by atoms with Gasteiger partial charge in [0.25, 0.3) is 0 Å². The van der Waals surface area contributed by atoms with Gasteiger partial charge in [0, 0.05) is 0 Å². The van der Waals surface area contributed by atoms with Gasteiger partial charge in [0.15, 0.2) is 17.5 Å². The molecule has 0 aromatic heterocycles. The maximum atomic E-state index is 13.9. The molecule has 3 heteroatoms. The molecule has 0 nitrogen and oxygen atoms in total. The average Bonchev–Trinajstić information content (AvgIpc) is 2.80. The van der Waals surface area contributed by atoms with Gasteiger partial charge in [-0.3, -0.25) is 0 Å². The Bertz CT molecular complexity index is 1220. The van der Waals surface area contributed by atoms with E-state index in [9.17, 15) is 13.2 Å². The van der Waals surface area contributed by atoms with Crippen LogP contribution < -0.4 is 0 Å². The van der Waals surface area contributed by atoms with Crippen LogP contribution in [0.25, 0.3) is 33.0 Å². The van der Waals surface area contributed by atoms with Crippen molar-refractivity contribution < 1.29 is 13.2 Å². The molecule has 0 unspecified atom stereocenters. The Kier molecular flexibility index (Phi) is 6.13. The third-order valence-electron chi connectivity index (χ3n) is 5.88. The molecule has 4 aromatic rings. The lowest BCUT2D eigenvalue weighted by Crippen LogP contribution is -1.95. The van der Waals surface area contributed by atoms with Crippen LogP contribution in [0.5, 0.6) is 0 Å². The van der Waals surface area contributed by atoms with Gasteiger partial charge in [-0.05, 0) is 75.5 Å². The Morgan fingerprint density at radius 3 is 1.94 bits per heavy atom. The second-order valence-corrected chi connectivity index (χ2v) is 7.91. The normalized spacial score (nSPS) is 11.3. The molecule has 4 aromatic carbocycles. The second kappa shape index (κ2) is 8.97. The van der Waals surface area contributed by atoms with Gasteiger partial charge in [-0.15, -0.1) is 0 Å². The number of rotatable bonds is 6. The van der Waals surface area contributed by atoms with E-state index in [4.69, 9.17) is 0 Å². The predicted molar refractivity (Wildman–Crippen MR) is 123 cm³/mol. The lowest BCUT2D eigenvalue weighted by Gasteiger charge is -2.16. The molecule has 0 atom stereocenters. The summed E-state index contributed by atoms with van der Waals surface area (Å²) >= 11 is 0. The highest BCUT2D eigenvalue weighted by Gasteiger charge is 2.16. The Labute approximate surface area is 181 Å². The van der Waals surface area contributed by atoms with Crippen molar-refractivity contribution in [1.29, 1.82) is 0 Å². The zero-order valence-corrected chi connectivity index (χ0v) is 17.8. The number of fused-ring (bicyclic) bond motifs is 1. The average molecular weight is 419 g/mol. The van der Waals surface area contributed by atoms with Crippen LogP contribution in [0.15, 0.2) is 66.7 Å². The highest BCUT2D eigenvalue weighted by Crippen LogP contribution is 2.38. The summed E-state index contributed by atoms with van der Waals surface area (Å²) in [4.78, 5) is 0. The first-order valence-electron chi connectivity index (χ1n) is 10.8. The van der Waals surface area contributed by atoms with Gasteiger partial charge >= 0.3 is 0 Å². The van der Waals surface area contributed by atoms with Gasteiger partial charge in [0.05, 0.1) is 0 Å². The number of hydrogen-bond acceptors (Lipinski definition) is 0. The zero-order valence-electron chi connectivity index (χ0n) is 17.8. The molecule has 0 spiro atoms. The van der Waals surface area contributed by atoms with Crippen molar-refractivity contribution in [2.75, 3.05) is 0 Å². The molecule has 0 aliphatic rings. The lowest BCUT2D eigenvalue weighted by atomic mass is 9.88. The van der Waals surface area contributed by atoms with Gasteiger partial charge in [-0.1, -0.05) is 74.9 Å². The quantitative estimate of drug-likeness (QED) is 0.275. The number of aryl methyl sites for hydroxylation is 2. The summed E-state index contributed by atoms with van der Waals surface area (Å²) in [7, 11) is 0. The lowest BCUT2D eigenvalue weighted by molar-refractivity contribution is 0.448. The monoisotopic (exact) mass is 418 g/mol. The van der Waals surface area contributed by atoms with E-state index >= 15 is 0 Å². The van der Waals surface area contributed by atoms with E-state index in [-0.39, 0.29) is 0 Å². The van der Waals surface area contributed by atoms with Crippen molar-refractivity contribution in [3.05, 3.63) is 95.3 Å². The summed E-state index contributed by atoms with van der Waals surface area (Å²) in [5, 5.41) is 1.88. The molecule has 0 radical (unpaired) electrons. The summed E-state index contributed by atoms with van der Waals surface area (Å²) in [6.45, 7) is 4.35. The molecule has 0 aliphatic heterocycles. The Balaban J connectivity index is 1.88. The van der Waals surface area contributed by atoms with Crippen molar-refractivity contribution in [2.24, 2.45) is 0 Å². The first-order valence-corrected chi connectivity index (χ1v) is 10.8. The van der Waals surface area contributed by atoms with Gasteiger partial charge in [0.1, 0.15) is 0 Å². The minimum atomic E-state index is -1.44. The van der Waals surface area contributed by atoms with E-state index in [0.717, 1.165) is 41.3 Å². The summed E-state index contributed by atoms with van der Waals surface area (Å²) in [6, 6.07) is 20.5. The SMILES string of the molecule is CCCCc1ccc(-c2ccc(-c3cc(F)c(F)c(F)c3)c3ccccc23)c(CC)c1. The summed E-state index contributed by atoms with van der Waals surface area (Å²) in [5.41, 5.74) is 5.88. The zero-order chi connectivity index (χ0) is 22.0. The van der Waals surface area contributed by atoms with Gasteiger partial charge in [-0.25, -0.2) is 13.2 Å². The summed E-state index contributed by atoms with van der Waals surface area (Å²) < 4.78 is 41.2. The Morgan fingerprint density at radius 2 is 1.29 bits per heavy atom. The highest BCUT2D eigenvalue weighted by atomic mass is 19.2. The van der Waals surface area contributed by atoms with Crippen LogP contribution >= 0.6 is 0 Å². The van der Waals surface area contributed by atoms with E-state index in [2.05, 4.69) is 32.0 Å². The van der Waals surface area contributed by atoms with Crippen LogP contribution in [0.4, 0.5) is 13.2 Å². The minimum Gasteiger partial charge on any atom is -0.204 e. The van der Waals surface area contributed by atoms with E-state index in [1.807, 2.05) is 36.4 Å². The fourth-order valence-electron chi connectivity index (χ4n) is 4.24. The predicted octanol–water partition coefficient (Wildman–Crippen LogP) is 8.50. The van der Waals surface area contributed by atoms with E-state index in [0.29, 0.717) is 11.1 Å². The molecule has 0 amide bonds. The van der Waals surface area contributed by atoms with Crippen molar-refractivity contribution in [2.45, 2.75) is 39.5 Å². The van der Waals surface area contributed by atoms with Crippen LogP contribution in [0.1, 0.15) is 37.8 Å². The first kappa shape index (κ1) is 21.2. The van der Waals surface area contributed by atoms with Gasteiger partial charge in [-0.2, -0.15) is 0 Å². The van der Waals surface area contributed by atoms with Crippen molar-refractivity contribution in [1.82, 2.24) is 0 Å². The highest BCUT2D eigenvalue weighted by molar-refractivity contribution is 6.05. The first-order chi connectivity index (χ1) is 15.0. The molecule has 4 rings (SSSR count). The Hall–Kier alpha value is -3.07. The van der Waals surface area contributed by atoms with E-state index in [1.54, 1.807) is 0 Å². The molecule has 0 saturated heterocycles. The van der Waals surface area contributed by atoms with Crippen LogP contribution in [0.2, 0.25) is 0 Å². The topological polar surface area (TPSA) is 0 Å². The van der Waals surface area contributed by atoms with Crippen LogP contribution in [-0.4, -0.2) is 0 Å². The number of benzene rings is 4. The number of halogens is 3. The van der Waals surface area contributed by atoms with Crippen LogP contribution in [-0.2, 0) is 12.8 Å². The molecule has 0 aliphatic carbocycles. The number of hydrogen-bond donors (Lipinski definition) is 0. The Morgan fingerprint density at radius 1 is 0.677 bits per heavy atom. The fraction of sp³-hybridized carbons (Fsp3) is 0.214. The molecular formula is C28H25F3. The molecule has 0 N–H and O–H groups in total. The maximum Gasteiger partial charge on any atom is 0.194 e. The van der Waals surface area contributed by atoms with Crippen molar-refractivity contribution >= 4 is 10.8 Å². The molecule has 0 fully saturated rings. The van der Waals surface area contributed by atoms with Gasteiger partial charge in [0.2, 0.25) is 0 Å². The molecule has 158 valence electrons. The summed E-state index contributed by atoms with van der Waals surface area (Å²) in [6.07, 6.45) is 4.33. The molecule has 0 heterocycles. The summed E-state index contributed by atoms with van der Waals surface area (Å²) in [5.74, 6) is -3.81. The van der Waals surface area contributed by atoms with E-state index in [1.165, 1.54) is 29.5 Å². The molecule has 0 bridgehead atoms. The minimum absolute atomic E-state index is 0.324. The second-order valence-electron chi connectivity index (χ2n) is 7.91. The van der Waals surface area contributed by atoms with Crippen molar-refractivity contribution in [3.63, 3.8) is 0 Å². The smallest absolute Gasteiger partial charge is 0.194 e. The third kappa shape index (κ3) is 4.10. The maximum absolute atomic E-state index is 13.9. The molecular weight excluding hydrogens is 393 g/mol.